The predicted molar refractivity (Wildman–Crippen MR) is 85.2 cm³/mol. The smallest absolute Gasteiger partial charge is 0.330 e. The standard InChI is InChI=1S/C16H30O3Si/c1-7-18-15(17)12-11-13-9-8-10-14(13)19-20(5,6)16(2,3)4/h11-14H,7-10H2,1-6H3/b12-11+/t13-,14-/m0/s1. The van der Waals surface area contributed by atoms with Crippen LogP contribution in [0.3, 0.4) is 0 Å². The zero-order valence-electron chi connectivity index (χ0n) is 13.9. The second kappa shape index (κ2) is 6.90. The van der Waals surface area contributed by atoms with E-state index >= 15 is 0 Å². The molecule has 3 nitrogen and oxygen atoms in total. The maximum absolute atomic E-state index is 11.4. The van der Waals surface area contributed by atoms with Crippen LogP contribution < -0.4 is 0 Å². The first-order valence-corrected chi connectivity index (χ1v) is 10.6. The largest absolute Gasteiger partial charge is 0.463 e. The van der Waals surface area contributed by atoms with Crippen LogP contribution in [0.2, 0.25) is 18.1 Å². The normalized spacial score (nSPS) is 24.3. The molecule has 0 spiro atoms. The van der Waals surface area contributed by atoms with Crippen LogP contribution in [0, 0.1) is 5.92 Å². The molecule has 0 aliphatic heterocycles. The molecule has 0 N–H and O–H groups in total. The highest BCUT2D eigenvalue weighted by atomic mass is 28.4. The summed E-state index contributed by atoms with van der Waals surface area (Å²) in [5.74, 6) is 0.110. The summed E-state index contributed by atoms with van der Waals surface area (Å²) >= 11 is 0. The number of esters is 1. The Labute approximate surface area is 124 Å². The van der Waals surface area contributed by atoms with Crippen molar-refractivity contribution in [2.24, 2.45) is 5.92 Å². The Morgan fingerprint density at radius 2 is 1.95 bits per heavy atom. The van der Waals surface area contributed by atoms with E-state index in [0.29, 0.717) is 12.5 Å². The van der Waals surface area contributed by atoms with Crippen molar-refractivity contribution in [3.05, 3.63) is 12.2 Å². The van der Waals surface area contributed by atoms with E-state index in [1.54, 1.807) is 6.08 Å². The number of hydrogen-bond donors (Lipinski definition) is 0. The fourth-order valence-electron chi connectivity index (χ4n) is 2.27. The third-order valence-electron chi connectivity index (χ3n) is 4.52. The molecule has 0 radical (unpaired) electrons. The monoisotopic (exact) mass is 298 g/mol. The summed E-state index contributed by atoms with van der Waals surface area (Å²) in [6.45, 7) is 13.6. The minimum atomic E-state index is -1.73. The van der Waals surface area contributed by atoms with Gasteiger partial charge in [0.2, 0.25) is 0 Å². The summed E-state index contributed by atoms with van der Waals surface area (Å²) in [6.07, 6.45) is 7.21. The molecule has 0 unspecified atom stereocenters. The highest BCUT2D eigenvalue weighted by Crippen LogP contribution is 2.41. The molecular formula is C16H30O3Si. The van der Waals surface area contributed by atoms with Gasteiger partial charge in [0, 0.05) is 12.0 Å². The molecule has 0 saturated heterocycles. The van der Waals surface area contributed by atoms with E-state index in [9.17, 15) is 4.79 Å². The second-order valence-electron chi connectivity index (χ2n) is 7.12. The van der Waals surface area contributed by atoms with Crippen LogP contribution >= 0.6 is 0 Å². The van der Waals surface area contributed by atoms with Gasteiger partial charge in [-0.25, -0.2) is 4.79 Å². The minimum absolute atomic E-state index is 0.227. The molecule has 0 aromatic rings. The third kappa shape index (κ3) is 4.74. The van der Waals surface area contributed by atoms with Crippen LogP contribution in [0.4, 0.5) is 0 Å². The van der Waals surface area contributed by atoms with Crippen LogP contribution in [0.5, 0.6) is 0 Å². The van der Waals surface area contributed by atoms with Crippen molar-refractivity contribution in [1.82, 2.24) is 0 Å². The maximum atomic E-state index is 11.4. The van der Waals surface area contributed by atoms with Gasteiger partial charge in [-0.1, -0.05) is 33.3 Å². The Hall–Kier alpha value is -0.613. The Morgan fingerprint density at radius 3 is 2.50 bits per heavy atom. The van der Waals surface area contributed by atoms with Gasteiger partial charge in [0.1, 0.15) is 0 Å². The number of carbonyl (C=O) groups excluding carboxylic acids is 1. The van der Waals surface area contributed by atoms with Gasteiger partial charge >= 0.3 is 5.97 Å². The summed E-state index contributed by atoms with van der Waals surface area (Å²) in [5.41, 5.74) is 0. The summed E-state index contributed by atoms with van der Waals surface area (Å²) < 4.78 is 11.4. The van der Waals surface area contributed by atoms with Gasteiger partial charge in [-0.3, -0.25) is 0 Å². The predicted octanol–water partition coefficient (Wildman–Crippen LogP) is 4.30. The second-order valence-corrected chi connectivity index (χ2v) is 11.9. The van der Waals surface area contributed by atoms with Gasteiger partial charge in [0.05, 0.1) is 12.7 Å². The van der Waals surface area contributed by atoms with E-state index in [1.165, 1.54) is 6.42 Å². The molecule has 0 aromatic carbocycles. The first-order valence-electron chi connectivity index (χ1n) is 7.70. The Morgan fingerprint density at radius 1 is 1.30 bits per heavy atom. The lowest BCUT2D eigenvalue weighted by atomic mass is 10.1. The van der Waals surface area contributed by atoms with Gasteiger partial charge < -0.3 is 9.16 Å². The lowest BCUT2D eigenvalue weighted by Gasteiger charge is -2.39. The molecule has 20 heavy (non-hydrogen) atoms. The summed E-state index contributed by atoms with van der Waals surface area (Å²) in [4.78, 5) is 11.4. The molecule has 0 bridgehead atoms. The highest BCUT2D eigenvalue weighted by Gasteiger charge is 2.41. The average Bonchev–Trinajstić information content (AvgIpc) is 2.72. The van der Waals surface area contributed by atoms with E-state index in [4.69, 9.17) is 9.16 Å². The van der Waals surface area contributed by atoms with E-state index in [-0.39, 0.29) is 17.1 Å². The average molecular weight is 298 g/mol. The lowest BCUT2D eigenvalue weighted by molar-refractivity contribution is -0.137. The first-order chi connectivity index (χ1) is 9.17. The van der Waals surface area contributed by atoms with Crippen LogP contribution in [0.25, 0.3) is 0 Å². The molecule has 116 valence electrons. The van der Waals surface area contributed by atoms with E-state index < -0.39 is 8.32 Å². The van der Waals surface area contributed by atoms with Crippen molar-refractivity contribution < 1.29 is 14.0 Å². The molecular weight excluding hydrogens is 268 g/mol. The Balaban J connectivity index is 2.64. The van der Waals surface area contributed by atoms with Crippen LogP contribution in [0.1, 0.15) is 47.0 Å². The Bertz CT molecular complexity index is 355. The topological polar surface area (TPSA) is 35.5 Å². The summed E-state index contributed by atoms with van der Waals surface area (Å²) in [7, 11) is -1.73. The van der Waals surface area contributed by atoms with Gasteiger partial charge in [-0.2, -0.15) is 0 Å². The van der Waals surface area contributed by atoms with Gasteiger partial charge in [-0.15, -0.1) is 0 Å². The zero-order chi connectivity index (χ0) is 15.4. The van der Waals surface area contributed by atoms with Crippen LogP contribution in [-0.2, 0) is 14.0 Å². The van der Waals surface area contributed by atoms with Crippen molar-refractivity contribution in [2.45, 2.75) is 71.2 Å². The molecule has 2 atom stereocenters. The van der Waals surface area contributed by atoms with Crippen molar-refractivity contribution >= 4 is 14.3 Å². The molecule has 1 aliphatic rings. The molecule has 0 heterocycles. The highest BCUT2D eigenvalue weighted by molar-refractivity contribution is 6.74. The third-order valence-corrected chi connectivity index (χ3v) is 9.03. The van der Waals surface area contributed by atoms with Gasteiger partial charge in [0.25, 0.3) is 0 Å². The van der Waals surface area contributed by atoms with Crippen LogP contribution in [-0.4, -0.2) is 27.0 Å². The maximum Gasteiger partial charge on any atom is 0.330 e. The fraction of sp³-hybridized carbons (Fsp3) is 0.812. The number of ether oxygens (including phenoxy) is 1. The van der Waals surface area contributed by atoms with Crippen molar-refractivity contribution in [3.63, 3.8) is 0 Å². The SMILES string of the molecule is CCOC(=O)/C=C/[C@@H]1CCC[C@@H]1O[Si](C)(C)C(C)(C)C. The molecule has 1 fully saturated rings. The lowest BCUT2D eigenvalue weighted by Crippen LogP contribution is -2.44. The van der Waals surface area contributed by atoms with Gasteiger partial charge in [-0.05, 0) is 37.9 Å². The number of hydrogen-bond acceptors (Lipinski definition) is 3. The molecule has 1 rings (SSSR count). The molecule has 1 saturated carbocycles. The fourth-order valence-corrected chi connectivity index (χ4v) is 3.67. The van der Waals surface area contributed by atoms with Crippen molar-refractivity contribution in [3.8, 4) is 0 Å². The number of rotatable bonds is 5. The van der Waals surface area contributed by atoms with Gasteiger partial charge in [0.15, 0.2) is 8.32 Å². The molecule has 0 amide bonds. The van der Waals surface area contributed by atoms with E-state index in [1.807, 2.05) is 13.0 Å². The summed E-state index contributed by atoms with van der Waals surface area (Å²) in [6, 6.07) is 0. The zero-order valence-corrected chi connectivity index (χ0v) is 14.9. The Kier molecular flexibility index (Phi) is 6.01. The quantitative estimate of drug-likeness (QED) is 0.431. The first kappa shape index (κ1) is 17.4. The molecule has 1 aliphatic carbocycles. The number of carbonyl (C=O) groups is 1. The molecule has 0 aromatic heterocycles. The van der Waals surface area contributed by atoms with Crippen molar-refractivity contribution in [2.75, 3.05) is 6.61 Å². The molecule has 4 heteroatoms. The van der Waals surface area contributed by atoms with E-state index in [2.05, 4.69) is 33.9 Å². The minimum Gasteiger partial charge on any atom is -0.463 e. The van der Waals surface area contributed by atoms with Crippen LogP contribution in [0.15, 0.2) is 12.2 Å². The van der Waals surface area contributed by atoms with E-state index in [0.717, 1.165) is 12.8 Å². The summed E-state index contributed by atoms with van der Waals surface area (Å²) in [5, 5.41) is 0.227. The van der Waals surface area contributed by atoms with Crippen molar-refractivity contribution in [1.29, 1.82) is 0 Å².